The fourth-order valence-electron chi connectivity index (χ4n) is 9.30. The average molecular weight is 1200 g/mol. The molecule has 436 valence electrons. The number of rotatable bonds is 8. The summed E-state index contributed by atoms with van der Waals surface area (Å²) in [5, 5.41) is 4.93. The third kappa shape index (κ3) is 13.9. The van der Waals surface area contributed by atoms with E-state index in [9.17, 15) is 105 Å². The Morgan fingerprint density at radius 2 is 0.675 bits per heavy atom. The molecule has 0 spiro atoms. The molecular formula is C54H29BF24N4. The predicted octanol–water partition coefficient (Wildman–Crippen LogP) is 17.0. The topological polar surface area (TPSA) is 52.6 Å². The number of pyridine rings is 1. The molecule has 0 bridgehead atoms. The van der Waals surface area contributed by atoms with E-state index in [1.165, 1.54) is 16.5 Å². The van der Waals surface area contributed by atoms with E-state index in [-0.39, 0.29) is 0 Å². The quantitative estimate of drug-likeness (QED) is 0.0364. The van der Waals surface area contributed by atoms with Gasteiger partial charge in [0.25, 0.3) is 0 Å². The van der Waals surface area contributed by atoms with Crippen LogP contribution in [-0.2, 0) is 56.0 Å². The number of halogens is 24. The van der Waals surface area contributed by atoms with Crippen LogP contribution in [0.25, 0.3) is 32.6 Å². The molecule has 0 aliphatic carbocycles. The zero-order valence-electron chi connectivity index (χ0n) is 40.7. The molecule has 83 heavy (non-hydrogen) atoms. The highest BCUT2D eigenvalue weighted by Gasteiger charge is 2.47. The molecule has 0 atom stereocenters. The van der Waals surface area contributed by atoms with Crippen LogP contribution < -0.4 is 26.4 Å². The molecule has 1 aromatic heterocycles. The van der Waals surface area contributed by atoms with Gasteiger partial charge in [-0.15, -0.1) is 0 Å². The molecule has 0 radical (unpaired) electrons. The molecule has 8 rings (SSSR count). The van der Waals surface area contributed by atoms with Gasteiger partial charge in [0.15, 0.2) is 6.54 Å². The minimum Gasteiger partial charge on any atom is -0.194 e. The molecule has 29 heteroatoms. The Labute approximate surface area is 450 Å². The van der Waals surface area contributed by atoms with Crippen LogP contribution in [0, 0.1) is 0 Å². The van der Waals surface area contributed by atoms with E-state index in [4.69, 9.17) is 5.53 Å². The summed E-state index contributed by atoms with van der Waals surface area (Å²) in [6.07, 6.45) is -54.8. The van der Waals surface area contributed by atoms with Crippen LogP contribution in [0.4, 0.5) is 111 Å². The molecule has 0 fully saturated rings. The molecule has 0 saturated heterocycles. The first-order valence-corrected chi connectivity index (χ1v) is 23.1. The van der Waals surface area contributed by atoms with Crippen LogP contribution in [0.3, 0.4) is 0 Å². The van der Waals surface area contributed by atoms with Crippen LogP contribution in [0.15, 0.2) is 169 Å². The lowest BCUT2D eigenvalue weighted by Gasteiger charge is -2.46. The number of aromatic nitrogens is 1. The predicted molar refractivity (Wildman–Crippen MR) is 254 cm³/mol. The van der Waals surface area contributed by atoms with Crippen molar-refractivity contribution in [2.24, 2.45) is 5.11 Å². The fraction of sp³-hybridized carbons (Fsp3) is 0.167. The van der Waals surface area contributed by atoms with Gasteiger partial charge in [-0.3, -0.25) is 0 Å². The standard InChI is InChI=1S/C32H12BF24.C22H17N4/c34-25(35,36)13-1-14(26(37,38)39)6-21(5-13)33(22-7-15(27(40,41)42)2-16(8-22)28(43,44)45,23-9-17(29(46,47)48)3-18(10-23)30(49,50)51)24-11-19(31(52,53)54)4-20(12-24)32(55,56)57;23-25-24-20-11-6-10-19(15-20)22-14-13-18-9-4-5-12-21(18)26(22)16-17-7-2-1-3-8-17/h1-12H;1-15H,16H2/q-1;+1. The van der Waals surface area contributed by atoms with Gasteiger partial charge in [0.1, 0.15) is 6.15 Å². The van der Waals surface area contributed by atoms with Crippen molar-refractivity contribution >= 4 is 44.6 Å². The average Bonchev–Trinajstić information content (AvgIpc) is 3.55. The van der Waals surface area contributed by atoms with Gasteiger partial charge in [0, 0.05) is 39.2 Å². The number of hydrogen-bond acceptors (Lipinski definition) is 1. The molecule has 8 aromatic rings. The highest BCUT2D eigenvalue weighted by Crippen LogP contribution is 2.42. The van der Waals surface area contributed by atoms with Gasteiger partial charge in [0.05, 0.1) is 44.5 Å². The third-order valence-electron chi connectivity index (χ3n) is 12.9. The van der Waals surface area contributed by atoms with E-state index in [1.807, 2.05) is 30.3 Å². The fourth-order valence-corrected chi connectivity index (χ4v) is 9.30. The maximum atomic E-state index is 14.2. The van der Waals surface area contributed by atoms with Crippen molar-refractivity contribution < 1.29 is 110 Å². The van der Waals surface area contributed by atoms with Gasteiger partial charge in [-0.05, 0) is 54.1 Å². The van der Waals surface area contributed by atoms with Crippen molar-refractivity contribution in [2.45, 2.75) is 56.0 Å². The SMILES string of the molecule is FC(F)(F)c1cc([B-](c2cc(C(F)(F)F)cc(C(F)(F)F)c2)(c2cc(C(F)(F)F)cc(C(F)(F)F)c2)c2cc(C(F)(F)F)cc(C(F)(F)F)c2)cc(C(F)(F)F)c1.[N-]=[N+]=Nc1cccc(-c2ccc3ccccc3[n+]2Cc2ccccc2)c1. The van der Waals surface area contributed by atoms with E-state index in [0.717, 1.165) is 17.8 Å². The summed E-state index contributed by atoms with van der Waals surface area (Å²) in [6, 6.07) is 21.9. The summed E-state index contributed by atoms with van der Waals surface area (Å²) >= 11 is 0. The first kappa shape index (κ1) is 62.2. The highest BCUT2D eigenvalue weighted by atomic mass is 19.4. The second kappa shape index (κ2) is 22.1. The molecule has 7 aromatic carbocycles. The van der Waals surface area contributed by atoms with E-state index in [0.29, 0.717) is 5.69 Å². The zero-order valence-corrected chi connectivity index (χ0v) is 40.7. The second-order valence-corrected chi connectivity index (χ2v) is 18.3. The molecule has 0 unspecified atom stereocenters. The monoisotopic (exact) mass is 1200 g/mol. The van der Waals surface area contributed by atoms with E-state index < -0.39 is 195 Å². The maximum Gasteiger partial charge on any atom is 0.416 e. The summed E-state index contributed by atoms with van der Waals surface area (Å²) in [7, 11) is 0. The molecule has 1 heterocycles. The van der Waals surface area contributed by atoms with Crippen LogP contribution in [0.2, 0.25) is 0 Å². The molecular weight excluding hydrogens is 1170 g/mol. The van der Waals surface area contributed by atoms with Crippen LogP contribution >= 0.6 is 0 Å². The molecule has 0 N–H and O–H groups in total. The van der Waals surface area contributed by atoms with Crippen LogP contribution in [0.1, 0.15) is 50.1 Å². The van der Waals surface area contributed by atoms with E-state index in [1.54, 1.807) is 0 Å². The Morgan fingerprint density at radius 3 is 1.00 bits per heavy atom. The first-order chi connectivity index (χ1) is 38.1. The van der Waals surface area contributed by atoms with Crippen molar-refractivity contribution in [1.82, 2.24) is 0 Å². The summed E-state index contributed by atoms with van der Waals surface area (Å²) < 4.78 is 343. The van der Waals surface area contributed by atoms with Gasteiger partial charge in [-0.2, -0.15) is 132 Å². The summed E-state index contributed by atoms with van der Waals surface area (Å²) in [6.45, 7) is 0.767. The van der Waals surface area contributed by atoms with Crippen LogP contribution in [0.5, 0.6) is 0 Å². The number of alkyl halides is 24. The first-order valence-electron chi connectivity index (χ1n) is 23.1. The minimum atomic E-state index is -6.13. The number of fused-ring (bicyclic) bond motifs is 1. The van der Waals surface area contributed by atoms with Gasteiger partial charge in [0.2, 0.25) is 11.2 Å². The third-order valence-corrected chi connectivity index (χ3v) is 12.9. The summed E-state index contributed by atoms with van der Waals surface area (Å²) in [5.41, 5.74) is -16.3. The molecule has 0 aliphatic rings. The van der Waals surface area contributed by atoms with E-state index >= 15 is 0 Å². The lowest BCUT2D eigenvalue weighted by atomic mass is 9.12. The smallest absolute Gasteiger partial charge is 0.194 e. The second-order valence-electron chi connectivity index (χ2n) is 18.3. The summed E-state index contributed by atoms with van der Waals surface area (Å²) in [5.74, 6) is 0. The van der Waals surface area contributed by atoms with Gasteiger partial charge >= 0.3 is 49.4 Å². The number of hydrogen-bond donors (Lipinski definition) is 0. The Morgan fingerprint density at radius 1 is 0.349 bits per heavy atom. The zero-order chi connectivity index (χ0) is 61.7. The Kier molecular flexibility index (Phi) is 16.6. The number of para-hydroxylation sites is 1. The lowest BCUT2D eigenvalue weighted by molar-refractivity contribution is -0.651. The Hall–Kier alpha value is -8.36. The summed E-state index contributed by atoms with van der Waals surface area (Å²) in [4.78, 5) is 2.90. The number of azide groups is 1. The molecule has 0 saturated carbocycles. The Bertz CT molecular complexity index is 3300. The molecule has 0 amide bonds. The van der Waals surface area contributed by atoms with Crippen molar-refractivity contribution in [1.29, 1.82) is 0 Å². The van der Waals surface area contributed by atoms with Crippen molar-refractivity contribution in [3.63, 3.8) is 0 Å². The number of benzene rings is 7. The minimum absolute atomic E-state index is 0.615. The molecule has 0 aliphatic heterocycles. The lowest BCUT2D eigenvalue weighted by Crippen LogP contribution is -2.75. The number of nitrogens with zero attached hydrogens (tertiary/aromatic N) is 4. The normalized spacial score (nSPS) is 13.1. The van der Waals surface area contributed by atoms with Gasteiger partial charge < -0.3 is 0 Å². The molecule has 4 nitrogen and oxygen atoms in total. The van der Waals surface area contributed by atoms with Crippen molar-refractivity contribution in [3.05, 3.63) is 224 Å². The van der Waals surface area contributed by atoms with Crippen LogP contribution in [-0.4, -0.2) is 6.15 Å². The van der Waals surface area contributed by atoms with Gasteiger partial charge in [-0.25, -0.2) is 0 Å². The highest BCUT2D eigenvalue weighted by molar-refractivity contribution is 7.20. The van der Waals surface area contributed by atoms with E-state index in [2.05, 4.69) is 75.3 Å². The largest absolute Gasteiger partial charge is 0.416 e. The van der Waals surface area contributed by atoms with Crippen molar-refractivity contribution in [3.8, 4) is 11.3 Å². The maximum absolute atomic E-state index is 14.2. The van der Waals surface area contributed by atoms with Crippen molar-refractivity contribution in [2.75, 3.05) is 0 Å². The van der Waals surface area contributed by atoms with Gasteiger partial charge in [-0.1, -0.05) is 108 Å². The Balaban J connectivity index is 0.000000313.